The van der Waals surface area contributed by atoms with Crippen molar-refractivity contribution in [2.75, 3.05) is 0 Å². The number of allylic oxidation sites excluding steroid dienone is 3. The number of carbonyl (C=O) groups is 1. The fourth-order valence-electron chi connectivity index (χ4n) is 7.50. The predicted molar refractivity (Wildman–Crippen MR) is 114 cm³/mol. The first-order chi connectivity index (χ1) is 12.6. The summed E-state index contributed by atoms with van der Waals surface area (Å²) in [5, 5.41) is 0. The lowest BCUT2D eigenvalue weighted by atomic mass is 9.58. The molecule has 2 saturated carbocycles. The topological polar surface area (TPSA) is 26.3 Å². The molecule has 150 valence electrons. The number of fused-ring (bicyclic) bond motifs is 4. The van der Waals surface area contributed by atoms with Gasteiger partial charge in [-0.1, -0.05) is 59.8 Å². The molecule has 5 atom stereocenters. The Hall–Kier alpha value is -0.673. The molecule has 0 radical (unpaired) electrons. The van der Waals surface area contributed by atoms with E-state index in [4.69, 9.17) is 4.43 Å². The summed E-state index contributed by atoms with van der Waals surface area (Å²) in [6, 6.07) is 0. The molecule has 0 N–H and O–H groups in total. The molecule has 4 aliphatic carbocycles. The van der Waals surface area contributed by atoms with E-state index in [0.717, 1.165) is 12.0 Å². The lowest BCUT2D eigenvalue weighted by Gasteiger charge is -2.55. The Morgan fingerprint density at radius 1 is 1.04 bits per heavy atom. The zero-order chi connectivity index (χ0) is 19.7. The third kappa shape index (κ3) is 2.63. The minimum Gasteiger partial charge on any atom is -0.412 e. The Bertz CT molecular complexity index is 661. The molecule has 1 spiro atoms. The van der Waals surface area contributed by atoms with Gasteiger partial charge in [0.2, 0.25) is 8.32 Å². The summed E-state index contributed by atoms with van der Waals surface area (Å²) in [5.74, 6) is 2.40. The third-order valence-electron chi connectivity index (χ3n) is 8.71. The zero-order valence-corrected chi connectivity index (χ0v) is 19.3. The lowest BCUT2D eigenvalue weighted by Crippen LogP contribution is -2.58. The molecule has 3 heteroatoms. The van der Waals surface area contributed by atoms with Crippen LogP contribution in [0.25, 0.3) is 0 Å². The van der Waals surface area contributed by atoms with Gasteiger partial charge in [0.1, 0.15) is 0 Å². The summed E-state index contributed by atoms with van der Waals surface area (Å²) in [6.07, 6.45) is 11.3. The second kappa shape index (κ2) is 6.42. The third-order valence-corrected chi connectivity index (χ3v) is 14.8. The highest BCUT2D eigenvalue weighted by Crippen LogP contribution is 2.71. The Labute approximate surface area is 167 Å². The van der Waals surface area contributed by atoms with E-state index in [-0.39, 0.29) is 5.78 Å². The average molecular weight is 387 g/mol. The second-order valence-corrected chi connectivity index (χ2v) is 16.2. The lowest BCUT2D eigenvalue weighted by molar-refractivity contribution is -0.114. The Kier molecular flexibility index (Phi) is 4.67. The van der Waals surface area contributed by atoms with Crippen LogP contribution in [0.15, 0.2) is 23.8 Å². The van der Waals surface area contributed by atoms with E-state index >= 15 is 0 Å². The number of hydrogen-bond acceptors (Lipinski definition) is 2. The average Bonchev–Trinajstić information content (AvgIpc) is 3.26. The van der Waals surface area contributed by atoms with Gasteiger partial charge in [0.25, 0.3) is 0 Å². The van der Waals surface area contributed by atoms with Crippen LogP contribution in [0.5, 0.6) is 0 Å². The fourth-order valence-corrected chi connectivity index (χ4v) is 13.1. The minimum absolute atomic E-state index is 0.273. The van der Waals surface area contributed by atoms with Crippen molar-refractivity contribution in [2.24, 2.45) is 29.1 Å². The van der Waals surface area contributed by atoms with Gasteiger partial charge in [-0.25, -0.2) is 0 Å². The molecule has 0 amide bonds. The summed E-state index contributed by atoms with van der Waals surface area (Å²) < 4.78 is 7.40. The molecular formula is C24H38O2Si. The highest BCUT2D eigenvalue weighted by atomic mass is 28.4. The van der Waals surface area contributed by atoms with Gasteiger partial charge in [-0.15, -0.1) is 0 Å². The normalized spacial score (nSPS) is 36.1. The summed E-state index contributed by atoms with van der Waals surface area (Å²) >= 11 is 0. The van der Waals surface area contributed by atoms with Gasteiger partial charge in [0.15, 0.2) is 5.78 Å². The first-order valence-electron chi connectivity index (χ1n) is 11.2. The first kappa shape index (κ1) is 19.6. The van der Waals surface area contributed by atoms with Crippen molar-refractivity contribution in [3.05, 3.63) is 23.8 Å². The van der Waals surface area contributed by atoms with E-state index in [9.17, 15) is 4.79 Å². The summed E-state index contributed by atoms with van der Waals surface area (Å²) in [7, 11) is -1.93. The van der Waals surface area contributed by atoms with Gasteiger partial charge < -0.3 is 4.43 Å². The van der Waals surface area contributed by atoms with Crippen molar-refractivity contribution in [1.82, 2.24) is 0 Å². The SMILES string of the molecule is CC(=O)C1=C[C@H]2[C@@H](O[Si](C(C)C)(C(C)C)C(C)C)[C@H](C1)[C@H]1C=C[C@@H]2C12CC2. The van der Waals surface area contributed by atoms with Crippen molar-refractivity contribution in [2.45, 2.75) is 90.5 Å². The van der Waals surface area contributed by atoms with Crippen molar-refractivity contribution in [3.8, 4) is 0 Å². The maximum absolute atomic E-state index is 12.2. The molecule has 2 nitrogen and oxygen atoms in total. The molecule has 27 heavy (non-hydrogen) atoms. The maximum Gasteiger partial charge on any atom is 0.200 e. The Morgan fingerprint density at radius 2 is 1.59 bits per heavy atom. The van der Waals surface area contributed by atoms with Crippen molar-refractivity contribution >= 4 is 14.1 Å². The van der Waals surface area contributed by atoms with Crippen LogP contribution >= 0.6 is 0 Å². The molecule has 0 aromatic heterocycles. The molecule has 4 rings (SSSR count). The van der Waals surface area contributed by atoms with Crippen LogP contribution in [0.2, 0.25) is 16.6 Å². The molecule has 4 bridgehead atoms. The molecule has 0 unspecified atom stereocenters. The minimum atomic E-state index is -1.93. The summed E-state index contributed by atoms with van der Waals surface area (Å²) in [5.41, 5.74) is 3.42. The van der Waals surface area contributed by atoms with Gasteiger partial charge in [-0.05, 0) is 71.6 Å². The van der Waals surface area contributed by atoms with Gasteiger partial charge in [-0.2, -0.15) is 0 Å². The fraction of sp³-hybridized carbons (Fsp3) is 0.792. The smallest absolute Gasteiger partial charge is 0.200 e. The number of Topliss-reactive ketones (excluding diaryl/α,β-unsaturated/α-hetero) is 1. The van der Waals surface area contributed by atoms with Crippen LogP contribution in [0.4, 0.5) is 0 Å². The maximum atomic E-state index is 12.2. The highest BCUT2D eigenvalue weighted by molar-refractivity contribution is 6.77. The van der Waals surface area contributed by atoms with Crippen LogP contribution < -0.4 is 0 Å². The van der Waals surface area contributed by atoms with Crippen molar-refractivity contribution in [1.29, 1.82) is 0 Å². The van der Waals surface area contributed by atoms with Crippen molar-refractivity contribution < 1.29 is 9.22 Å². The molecule has 0 aromatic carbocycles. The van der Waals surface area contributed by atoms with Gasteiger partial charge in [0, 0.05) is 5.92 Å². The van der Waals surface area contributed by atoms with E-state index < -0.39 is 8.32 Å². The van der Waals surface area contributed by atoms with Crippen LogP contribution in [0.3, 0.4) is 0 Å². The Balaban J connectivity index is 1.74. The van der Waals surface area contributed by atoms with Gasteiger partial charge in [-0.3, -0.25) is 4.79 Å². The van der Waals surface area contributed by atoms with E-state index in [2.05, 4.69) is 59.8 Å². The monoisotopic (exact) mass is 386 g/mol. The highest BCUT2D eigenvalue weighted by Gasteiger charge is 2.67. The van der Waals surface area contributed by atoms with Crippen LogP contribution in [0, 0.1) is 29.1 Å². The number of rotatable bonds is 6. The van der Waals surface area contributed by atoms with E-state index in [0.29, 0.717) is 51.8 Å². The summed E-state index contributed by atoms with van der Waals surface area (Å²) in [6.45, 7) is 16.1. The Morgan fingerprint density at radius 3 is 2.07 bits per heavy atom. The van der Waals surface area contributed by atoms with E-state index in [1.165, 1.54) is 12.8 Å². The molecule has 4 aliphatic rings. The van der Waals surface area contributed by atoms with Crippen LogP contribution in [-0.4, -0.2) is 20.2 Å². The van der Waals surface area contributed by atoms with Crippen molar-refractivity contribution in [3.63, 3.8) is 0 Å². The molecule has 0 aromatic rings. The van der Waals surface area contributed by atoms with Gasteiger partial charge in [0.05, 0.1) is 6.10 Å². The number of ketones is 1. The molecule has 0 heterocycles. The van der Waals surface area contributed by atoms with Gasteiger partial charge >= 0.3 is 0 Å². The molecule has 2 fully saturated rings. The molecular weight excluding hydrogens is 348 g/mol. The van der Waals surface area contributed by atoms with E-state index in [1.807, 2.05) is 0 Å². The van der Waals surface area contributed by atoms with E-state index in [1.54, 1.807) is 6.92 Å². The number of hydrogen-bond donors (Lipinski definition) is 0. The largest absolute Gasteiger partial charge is 0.412 e. The quantitative estimate of drug-likeness (QED) is 0.396. The molecule has 0 aliphatic heterocycles. The zero-order valence-electron chi connectivity index (χ0n) is 18.3. The molecule has 0 saturated heterocycles. The number of carbonyl (C=O) groups excluding carboxylic acids is 1. The standard InChI is InChI=1S/C24H38O2Si/c1-14(2)27(15(3)4,16(5)6)26-23-19-12-18(17(7)25)13-20(23)22-9-8-21(19)24(22)10-11-24/h8-9,12,14-16,19-23H,10-11,13H2,1-7H3/t19-,20-,21+,22-,23-/m1/s1. The predicted octanol–water partition coefficient (Wildman–Crippen LogP) is 6.29. The van der Waals surface area contributed by atoms with Crippen LogP contribution in [0.1, 0.15) is 67.7 Å². The summed E-state index contributed by atoms with van der Waals surface area (Å²) in [4.78, 5) is 12.2. The van der Waals surface area contributed by atoms with Crippen LogP contribution in [-0.2, 0) is 9.22 Å². The second-order valence-electron chi connectivity index (χ2n) is 10.8. The first-order valence-corrected chi connectivity index (χ1v) is 13.4.